The number of aliphatic hydroxyl groups excluding tert-OH is 1. The van der Waals surface area contributed by atoms with Gasteiger partial charge in [0.05, 0.1) is 6.61 Å². The normalized spacial score (nSPS) is 21.1. The SMILES string of the molecule is CC.OCCN1CCCNCCCNCCCNCC1. The molecule has 0 aromatic rings. The predicted molar refractivity (Wildman–Crippen MR) is 87.3 cm³/mol. The minimum absolute atomic E-state index is 0.261. The summed E-state index contributed by atoms with van der Waals surface area (Å²) in [5.41, 5.74) is 0. The molecule has 0 unspecified atom stereocenters. The zero-order valence-corrected chi connectivity index (χ0v) is 13.6. The third kappa shape index (κ3) is 12.8. The second-order valence-electron chi connectivity index (χ2n) is 4.88. The van der Waals surface area contributed by atoms with Gasteiger partial charge in [-0.25, -0.2) is 0 Å². The quantitative estimate of drug-likeness (QED) is 0.587. The number of β-amino-alcohol motifs (C(OH)–C–C–N with tert-alkyl or cyclic N) is 1. The number of nitrogens with zero attached hydrogens (tertiary/aromatic N) is 1. The van der Waals surface area contributed by atoms with Crippen LogP contribution in [-0.4, -0.2) is 75.5 Å². The molecule has 0 aromatic carbocycles. The fourth-order valence-corrected chi connectivity index (χ4v) is 2.19. The molecule has 1 aliphatic heterocycles. The van der Waals surface area contributed by atoms with E-state index in [-0.39, 0.29) is 6.61 Å². The Bertz CT molecular complexity index is 165. The molecule has 0 aliphatic carbocycles. The van der Waals surface area contributed by atoms with Crippen LogP contribution < -0.4 is 16.0 Å². The summed E-state index contributed by atoms with van der Waals surface area (Å²) in [5.74, 6) is 0. The van der Waals surface area contributed by atoms with Crippen molar-refractivity contribution in [3.63, 3.8) is 0 Å². The second kappa shape index (κ2) is 16.9. The average molecular weight is 288 g/mol. The zero-order valence-electron chi connectivity index (χ0n) is 13.6. The van der Waals surface area contributed by atoms with E-state index in [1.165, 1.54) is 12.8 Å². The monoisotopic (exact) mass is 288 g/mol. The summed E-state index contributed by atoms with van der Waals surface area (Å²) in [6.45, 7) is 13.7. The number of nitrogens with one attached hydrogen (secondary N) is 3. The number of aliphatic hydroxyl groups is 1. The van der Waals surface area contributed by atoms with Crippen LogP contribution in [0.3, 0.4) is 0 Å². The molecule has 1 fully saturated rings. The lowest BCUT2D eigenvalue weighted by atomic mass is 10.3. The van der Waals surface area contributed by atoms with Crippen molar-refractivity contribution in [1.82, 2.24) is 20.9 Å². The molecule has 0 atom stereocenters. The highest BCUT2D eigenvalue weighted by atomic mass is 16.3. The third-order valence-corrected chi connectivity index (χ3v) is 3.26. The van der Waals surface area contributed by atoms with Crippen LogP contribution in [-0.2, 0) is 0 Å². The van der Waals surface area contributed by atoms with Gasteiger partial charge >= 0.3 is 0 Å². The van der Waals surface area contributed by atoms with Gasteiger partial charge in [-0.3, -0.25) is 4.90 Å². The van der Waals surface area contributed by atoms with Crippen LogP contribution in [0.25, 0.3) is 0 Å². The highest BCUT2D eigenvalue weighted by Gasteiger charge is 2.03. The maximum Gasteiger partial charge on any atom is 0.0558 e. The van der Waals surface area contributed by atoms with Crippen LogP contribution in [0.1, 0.15) is 33.1 Å². The molecule has 20 heavy (non-hydrogen) atoms. The Balaban J connectivity index is 0.00000172. The zero-order chi connectivity index (χ0) is 14.9. The Labute approximate surface area is 125 Å². The van der Waals surface area contributed by atoms with Crippen molar-refractivity contribution in [2.75, 3.05) is 65.5 Å². The summed E-state index contributed by atoms with van der Waals surface area (Å²) in [5, 5.41) is 19.4. The van der Waals surface area contributed by atoms with Crippen LogP contribution in [0.5, 0.6) is 0 Å². The van der Waals surface area contributed by atoms with Gasteiger partial charge in [0.25, 0.3) is 0 Å². The summed E-state index contributed by atoms with van der Waals surface area (Å²) < 4.78 is 0. The first-order chi connectivity index (χ1) is 9.93. The predicted octanol–water partition coefficient (Wildman–Crippen LogP) is 0.260. The van der Waals surface area contributed by atoms with Gasteiger partial charge in [0.2, 0.25) is 0 Å². The lowest BCUT2D eigenvalue weighted by Gasteiger charge is -2.21. The van der Waals surface area contributed by atoms with Crippen molar-refractivity contribution in [3.05, 3.63) is 0 Å². The van der Waals surface area contributed by atoms with E-state index >= 15 is 0 Å². The molecule has 1 heterocycles. The van der Waals surface area contributed by atoms with E-state index in [0.29, 0.717) is 0 Å². The summed E-state index contributed by atoms with van der Waals surface area (Å²) >= 11 is 0. The fourth-order valence-electron chi connectivity index (χ4n) is 2.19. The van der Waals surface area contributed by atoms with Crippen molar-refractivity contribution in [2.45, 2.75) is 33.1 Å². The van der Waals surface area contributed by atoms with Gasteiger partial charge in [0.1, 0.15) is 0 Å². The minimum Gasteiger partial charge on any atom is -0.395 e. The van der Waals surface area contributed by atoms with E-state index in [9.17, 15) is 0 Å². The first-order valence-electron chi connectivity index (χ1n) is 8.39. The van der Waals surface area contributed by atoms with Gasteiger partial charge in [-0.1, -0.05) is 13.8 Å². The lowest BCUT2D eigenvalue weighted by Crippen LogP contribution is -2.36. The van der Waals surface area contributed by atoms with Crippen molar-refractivity contribution < 1.29 is 5.11 Å². The smallest absolute Gasteiger partial charge is 0.0558 e. The topological polar surface area (TPSA) is 59.6 Å². The van der Waals surface area contributed by atoms with Crippen LogP contribution in [0.15, 0.2) is 0 Å². The molecule has 122 valence electrons. The standard InChI is InChI=1S/C13H30N4O.C2H6/c18-13-12-17-10-3-8-15-6-1-4-14-5-2-7-16-9-11-17;1-2/h14-16,18H,1-13H2;1-2H3. The number of hydrogen-bond acceptors (Lipinski definition) is 5. The van der Waals surface area contributed by atoms with Crippen LogP contribution >= 0.6 is 0 Å². The first-order valence-corrected chi connectivity index (χ1v) is 8.39. The molecule has 0 spiro atoms. The molecule has 1 aliphatic rings. The molecular formula is C15H36N4O. The summed E-state index contributed by atoms with van der Waals surface area (Å²) in [7, 11) is 0. The van der Waals surface area contributed by atoms with Gasteiger partial charge in [0, 0.05) is 19.6 Å². The first kappa shape index (κ1) is 19.8. The molecule has 0 radical (unpaired) electrons. The molecule has 0 amide bonds. The van der Waals surface area contributed by atoms with E-state index in [2.05, 4.69) is 20.9 Å². The van der Waals surface area contributed by atoms with Crippen LogP contribution in [0, 0.1) is 0 Å². The Morgan fingerprint density at radius 3 is 1.80 bits per heavy atom. The van der Waals surface area contributed by atoms with E-state index in [1.54, 1.807) is 0 Å². The average Bonchev–Trinajstić information content (AvgIpc) is 2.49. The Morgan fingerprint density at radius 2 is 1.25 bits per heavy atom. The Hall–Kier alpha value is -0.200. The van der Waals surface area contributed by atoms with E-state index in [1.807, 2.05) is 13.8 Å². The lowest BCUT2D eigenvalue weighted by molar-refractivity contribution is 0.194. The van der Waals surface area contributed by atoms with Gasteiger partial charge < -0.3 is 21.1 Å². The van der Waals surface area contributed by atoms with Crippen molar-refractivity contribution in [1.29, 1.82) is 0 Å². The van der Waals surface area contributed by atoms with E-state index in [0.717, 1.165) is 65.3 Å². The largest absolute Gasteiger partial charge is 0.395 e. The molecule has 0 bridgehead atoms. The van der Waals surface area contributed by atoms with Crippen molar-refractivity contribution in [2.24, 2.45) is 0 Å². The maximum atomic E-state index is 9.04. The van der Waals surface area contributed by atoms with Crippen LogP contribution in [0.4, 0.5) is 0 Å². The van der Waals surface area contributed by atoms with E-state index in [4.69, 9.17) is 5.11 Å². The summed E-state index contributed by atoms with van der Waals surface area (Å²) in [6, 6.07) is 0. The summed E-state index contributed by atoms with van der Waals surface area (Å²) in [4.78, 5) is 2.34. The van der Waals surface area contributed by atoms with Gasteiger partial charge in [-0.2, -0.15) is 0 Å². The Kier molecular flexibility index (Phi) is 16.7. The molecule has 5 nitrogen and oxygen atoms in total. The van der Waals surface area contributed by atoms with Crippen molar-refractivity contribution in [3.8, 4) is 0 Å². The molecule has 0 saturated carbocycles. The molecule has 1 saturated heterocycles. The van der Waals surface area contributed by atoms with Gasteiger partial charge in [-0.05, 0) is 58.5 Å². The molecule has 0 aromatic heterocycles. The molecule has 1 rings (SSSR count). The Morgan fingerprint density at radius 1 is 0.750 bits per heavy atom. The van der Waals surface area contributed by atoms with Crippen LogP contribution in [0.2, 0.25) is 0 Å². The molecular weight excluding hydrogens is 252 g/mol. The minimum atomic E-state index is 0.261. The maximum absolute atomic E-state index is 9.04. The van der Waals surface area contributed by atoms with Crippen molar-refractivity contribution >= 4 is 0 Å². The van der Waals surface area contributed by atoms with Gasteiger partial charge in [0.15, 0.2) is 0 Å². The number of rotatable bonds is 2. The molecule has 5 heteroatoms. The fraction of sp³-hybridized carbons (Fsp3) is 1.00. The second-order valence-corrected chi connectivity index (χ2v) is 4.88. The molecule has 4 N–H and O–H groups in total. The van der Waals surface area contributed by atoms with Gasteiger partial charge in [-0.15, -0.1) is 0 Å². The third-order valence-electron chi connectivity index (χ3n) is 3.26. The summed E-state index contributed by atoms with van der Waals surface area (Å²) in [6.07, 6.45) is 3.55. The highest BCUT2D eigenvalue weighted by Crippen LogP contribution is 1.91. The number of hydrogen-bond donors (Lipinski definition) is 4. The highest BCUT2D eigenvalue weighted by molar-refractivity contribution is 4.62. The van der Waals surface area contributed by atoms with E-state index < -0.39 is 0 Å².